The van der Waals surface area contributed by atoms with E-state index in [1.165, 1.54) is 11.1 Å². The molecular weight excluding hydrogens is 574 g/mol. The van der Waals surface area contributed by atoms with Crippen molar-refractivity contribution < 1.29 is 4.42 Å². The van der Waals surface area contributed by atoms with Crippen LogP contribution in [0.15, 0.2) is 156 Å². The minimum Gasteiger partial charge on any atom is -0.456 e. The van der Waals surface area contributed by atoms with Gasteiger partial charge in [0.15, 0.2) is 17.5 Å². The van der Waals surface area contributed by atoms with E-state index < -0.39 is 0 Å². The summed E-state index contributed by atoms with van der Waals surface area (Å²) in [7, 11) is 0. The van der Waals surface area contributed by atoms with Gasteiger partial charge in [0.2, 0.25) is 0 Å². The largest absolute Gasteiger partial charge is 0.456 e. The van der Waals surface area contributed by atoms with Gasteiger partial charge >= 0.3 is 0 Å². The number of aromatic nitrogens is 3. The van der Waals surface area contributed by atoms with E-state index in [4.69, 9.17) is 19.4 Å². The Kier molecular flexibility index (Phi) is 6.57. The van der Waals surface area contributed by atoms with Gasteiger partial charge in [0.1, 0.15) is 11.2 Å². The van der Waals surface area contributed by atoms with Gasteiger partial charge < -0.3 is 4.42 Å². The number of rotatable bonds is 5. The van der Waals surface area contributed by atoms with E-state index in [0.717, 1.165) is 73.4 Å². The number of fused-ring (bicyclic) bond motifs is 4. The number of para-hydroxylation sites is 1. The number of nitrogens with zero attached hydrogens (tertiary/aromatic N) is 3. The van der Waals surface area contributed by atoms with Crippen LogP contribution in [0.1, 0.15) is 18.4 Å². The Balaban J connectivity index is 1.24. The zero-order chi connectivity index (χ0) is 31.2. The quantitative estimate of drug-likeness (QED) is 0.196. The highest BCUT2D eigenvalue weighted by atomic mass is 16.3. The molecule has 2 heterocycles. The first-order valence-corrected chi connectivity index (χ1v) is 16.0. The fraction of sp³-hybridized carbons (Fsp3) is 0.0465. The van der Waals surface area contributed by atoms with Crippen molar-refractivity contribution in [3.63, 3.8) is 0 Å². The third-order valence-corrected chi connectivity index (χ3v) is 9.03. The Morgan fingerprint density at radius 1 is 0.468 bits per heavy atom. The van der Waals surface area contributed by atoms with Gasteiger partial charge in [-0.05, 0) is 64.1 Å². The lowest BCUT2D eigenvalue weighted by Crippen LogP contribution is -2.01. The summed E-state index contributed by atoms with van der Waals surface area (Å²) in [6.07, 6.45) is 8.64. The lowest BCUT2D eigenvalue weighted by Gasteiger charge is -2.14. The Bertz CT molecular complexity index is 2520. The van der Waals surface area contributed by atoms with Crippen molar-refractivity contribution in [1.82, 2.24) is 15.0 Å². The minimum atomic E-state index is 0.647. The van der Waals surface area contributed by atoms with Crippen LogP contribution >= 0.6 is 0 Å². The van der Waals surface area contributed by atoms with E-state index in [2.05, 4.69) is 115 Å². The topological polar surface area (TPSA) is 51.8 Å². The van der Waals surface area contributed by atoms with Gasteiger partial charge in [-0.1, -0.05) is 133 Å². The third-order valence-electron chi connectivity index (χ3n) is 9.03. The standard InChI is InChI=1S/C43H29N3O/c1-3-13-28(14-4-1)30-17-9-18-31(27-30)42-44-41(29-15-5-2-6-16-29)45-43(46-42)36-24-11-20-32-33(21-10-22-34(32)36)35-23-12-26-39-40(35)37-19-7-8-25-38(37)47-39/h1-3,5-13,15-27H,4,14H2. The average molecular weight is 604 g/mol. The molecule has 222 valence electrons. The van der Waals surface area contributed by atoms with Gasteiger partial charge in [0.05, 0.1) is 0 Å². The summed E-state index contributed by atoms with van der Waals surface area (Å²) < 4.78 is 6.24. The first-order chi connectivity index (χ1) is 23.3. The van der Waals surface area contributed by atoms with Crippen molar-refractivity contribution >= 4 is 38.3 Å². The summed E-state index contributed by atoms with van der Waals surface area (Å²) in [5.41, 5.74) is 9.47. The molecule has 2 aromatic heterocycles. The number of hydrogen-bond donors (Lipinski definition) is 0. The molecule has 0 spiro atoms. The molecule has 0 bridgehead atoms. The summed E-state index contributed by atoms with van der Waals surface area (Å²) in [5, 5.41) is 4.45. The molecule has 0 N–H and O–H groups in total. The Morgan fingerprint density at radius 2 is 1.09 bits per heavy atom. The van der Waals surface area contributed by atoms with E-state index in [1.54, 1.807) is 0 Å². The van der Waals surface area contributed by atoms with Crippen LogP contribution in [0.3, 0.4) is 0 Å². The summed E-state index contributed by atoms with van der Waals surface area (Å²) >= 11 is 0. The first kappa shape index (κ1) is 27.2. The van der Waals surface area contributed by atoms with Crippen molar-refractivity contribution in [3.05, 3.63) is 157 Å². The van der Waals surface area contributed by atoms with Gasteiger partial charge in [-0.3, -0.25) is 0 Å². The molecule has 8 aromatic rings. The predicted octanol–water partition coefficient (Wildman–Crippen LogP) is 11.3. The van der Waals surface area contributed by atoms with E-state index in [1.807, 2.05) is 36.4 Å². The van der Waals surface area contributed by atoms with Crippen LogP contribution in [-0.2, 0) is 0 Å². The predicted molar refractivity (Wildman–Crippen MR) is 193 cm³/mol. The lowest BCUT2D eigenvalue weighted by atomic mass is 9.93. The summed E-state index contributed by atoms with van der Waals surface area (Å²) in [6.45, 7) is 0. The van der Waals surface area contributed by atoms with E-state index >= 15 is 0 Å². The van der Waals surface area contributed by atoms with Crippen LogP contribution in [-0.4, -0.2) is 15.0 Å². The van der Waals surface area contributed by atoms with Crippen molar-refractivity contribution in [3.8, 4) is 45.3 Å². The Hall–Kier alpha value is -6.13. The molecule has 0 aliphatic heterocycles. The maximum atomic E-state index is 6.24. The van der Waals surface area contributed by atoms with Crippen LogP contribution < -0.4 is 0 Å². The molecule has 47 heavy (non-hydrogen) atoms. The fourth-order valence-corrected chi connectivity index (χ4v) is 6.78. The van der Waals surface area contributed by atoms with Crippen molar-refractivity contribution in [2.45, 2.75) is 12.8 Å². The number of furan rings is 1. The van der Waals surface area contributed by atoms with Crippen molar-refractivity contribution in [2.24, 2.45) is 0 Å². The van der Waals surface area contributed by atoms with E-state index in [-0.39, 0.29) is 0 Å². The second-order valence-corrected chi connectivity index (χ2v) is 11.9. The molecule has 0 atom stereocenters. The summed E-state index contributed by atoms with van der Waals surface area (Å²) in [4.78, 5) is 15.3. The molecule has 4 nitrogen and oxygen atoms in total. The maximum absolute atomic E-state index is 6.24. The highest BCUT2D eigenvalue weighted by Crippen LogP contribution is 2.41. The average Bonchev–Trinajstić information content (AvgIpc) is 3.54. The molecule has 0 fully saturated rings. The molecule has 0 radical (unpaired) electrons. The molecular formula is C43H29N3O. The van der Waals surface area contributed by atoms with Gasteiger partial charge in [0.25, 0.3) is 0 Å². The molecule has 0 unspecified atom stereocenters. The van der Waals surface area contributed by atoms with Gasteiger partial charge in [-0.15, -0.1) is 0 Å². The summed E-state index contributed by atoms with van der Waals surface area (Å²) in [6, 6.07) is 46.1. The monoisotopic (exact) mass is 603 g/mol. The molecule has 1 aliphatic carbocycles. The van der Waals surface area contributed by atoms with Crippen LogP contribution in [0.5, 0.6) is 0 Å². The zero-order valence-corrected chi connectivity index (χ0v) is 25.6. The minimum absolute atomic E-state index is 0.647. The summed E-state index contributed by atoms with van der Waals surface area (Å²) in [5.74, 6) is 1.96. The van der Waals surface area contributed by atoms with Gasteiger partial charge in [-0.2, -0.15) is 0 Å². The SMILES string of the molecule is C1=CCCC(c2cccc(-c3nc(-c4ccccc4)nc(-c4cccc5c(-c6cccc7oc8ccccc8c67)cccc45)n3)c2)=C1. The van der Waals surface area contributed by atoms with Crippen LogP contribution in [0.2, 0.25) is 0 Å². The first-order valence-electron chi connectivity index (χ1n) is 16.0. The van der Waals surface area contributed by atoms with Crippen LogP contribution in [0, 0.1) is 0 Å². The van der Waals surface area contributed by atoms with Gasteiger partial charge in [-0.25, -0.2) is 15.0 Å². The van der Waals surface area contributed by atoms with E-state index in [0.29, 0.717) is 17.5 Å². The zero-order valence-electron chi connectivity index (χ0n) is 25.6. The maximum Gasteiger partial charge on any atom is 0.164 e. The molecule has 0 saturated carbocycles. The smallest absolute Gasteiger partial charge is 0.164 e. The van der Waals surface area contributed by atoms with E-state index in [9.17, 15) is 0 Å². The lowest BCUT2D eigenvalue weighted by molar-refractivity contribution is 0.669. The fourth-order valence-electron chi connectivity index (χ4n) is 6.78. The highest BCUT2D eigenvalue weighted by Gasteiger charge is 2.18. The molecule has 9 rings (SSSR count). The normalized spacial score (nSPS) is 13.0. The Labute approximate surface area is 272 Å². The molecule has 6 aromatic carbocycles. The number of benzene rings is 6. The molecule has 4 heteroatoms. The number of allylic oxidation sites excluding steroid dienone is 4. The highest BCUT2D eigenvalue weighted by molar-refractivity contribution is 6.16. The van der Waals surface area contributed by atoms with Crippen molar-refractivity contribution in [1.29, 1.82) is 0 Å². The second kappa shape index (κ2) is 11.3. The van der Waals surface area contributed by atoms with Crippen molar-refractivity contribution in [2.75, 3.05) is 0 Å². The molecule has 1 aliphatic rings. The van der Waals surface area contributed by atoms with Crippen LogP contribution in [0.25, 0.3) is 83.6 Å². The second-order valence-electron chi connectivity index (χ2n) is 11.9. The molecule has 0 saturated heterocycles. The Morgan fingerprint density at radius 3 is 1.94 bits per heavy atom. The number of hydrogen-bond acceptors (Lipinski definition) is 4. The molecule has 0 amide bonds. The third kappa shape index (κ3) is 4.82. The van der Waals surface area contributed by atoms with Crippen LogP contribution in [0.4, 0.5) is 0 Å². The van der Waals surface area contributed by atoms with Gasteiger partial charge in [0, 0.05) is 27.5 Å².